The van der Waals surface area contributed by atoms with Crippen LogP contribution in [-0.2, 0) is 23.2 Å². The van der Waals surface area contributed by atoms with Crippen LogP contribution in [0.1, 0.15) is 32.2 Å². The van der Waals surface area contributed by atoms with Crippen LogP contribution in [0.4, 0.5) is 0 Å². The third-order valence-electron chi connectivity index (χ3n) is 5.23. The van der Waals surface area contributed by atoms with Crippen molar-refractivity contribution in [3.63, 3.8) is 0 Å². The molecule has 1 aliphatic rings. The summed E-state index contributed by atoms with van der Waals surface area (Å²) in [6, 6.07) is 13.9. The van der Waals surface area contributed by atoms with Gasteiger partial charge >= 0.3 is 0 Å². The number of benzene rings is 2. The van der Waals surface area contributed by atoms with E-state index in [-0.39, 0.29) is 24.7 Å². The van der Waals surface area contributed by atoms with Crippen molar-refractivity contribution in [1.29, 1.82) is 0 Å². The van der Waals surface area contributed by atoms with Crippen molar-refractivity contribution in [2.45, 2.75) is 39.2 Å². The largest absolute Gasteiger partial charge is 0.454 e. The minimum Gasteiger partial charge on any atom is -0.454 e. The maximum atomic E-state index is 12.7. The lowest BCUT2D eigenvalue weighted by molar-refractivity contribution is -0.121. The number of aryl methyl sites for hydroxylation is 1. The summed E-state index contributed by atoms with van der Waals surface area (Å²) in [6.45, 7) is 7.32. The maximum Gasteiger partial charge on any atom is 0.240 e. The molecule has 0 fully saturated rings. The van der Waals surface area contributed by atoms with Crippen molar-refractivity contribution in [1.82, 2.24) is 14.9 Å². The smallest absolute Gasteiger partial charge is 0.240 e. The zero-order chi connectivity index (χ0) is 19.7. The number of fused-ring (bicyclic) bond motifs is 2. The molecule has 4 rings (SSSR count). The van der Waals surface area contributed by atoms with E-state index in [0.717, 1.165) is 40.3 Å². The normalized spacial score (nSPS) is 13.1. The maximum absolute atomic E-state index is 12.7. The molecule has 28 heavy (non-hydrogen) atoms. The van der Waals surface area contributed by atoms with Gasteiger partial charge in [-0.25, -0.2) is 4.98 Å². The lowest BCUT2D eigenvalue weighted by Gasteiger charge is -2.26. The molecule has 0 atom stereocenters. The number of nitrogens with one attached hydrogen (secondary N) is 1. The lowest BCUT2D eigenvalue weighted by atomic mass is 9.84. The number of hydrogen-bond acceptors (Lipinski definition) is 4. The van der Waals surface area contributed by atoms with Gasteiger partial charge in [-0.2, -0.15) is 0 Å². The standard InChI is InChI=1S/C22H25N3O3/c1-4-20-24-16-7-5-6-8-17(16)25(20)12-21(26)23-13-22(2,3)15-9-10-18-19(11-15)28-14-27-18/h5-11H,4,12-14H2,1-3H3,(H,23,26). The molecule has 6 nitrogen and oxygen atoms in total. The molecule has 6 heteroatoms. The van der Waals surface area contributed by atoms with Gasteiger partial charge in [0.15, 0.2) is 11.5 Å². The van der Waals surface area contributed by atoms with E-state index >= 15 is 0 Å². The van der Waals surface area contributed by atoms with Gasteiger partial charge in [0.2, 0.25) is 12.7 Å². The first-order valence-electron chi connectivity index (χ1n) is 9.59. The summed E-state index contributed by atoms with van der Waals surface area (Å²) in [6.07, 6.45) is 0.782. The number of ether oxygens (including phenoxy) is 2. The van der Waals surface area contributed by atoms with Gasteiger partial charge in [-0.05, 0) is 29.8 Å². The van der Waals surface area contributed by atoms with Gasteiger partial charge in [-0.1, -0.05) is 39.0 Å². The van der Waals surface area contributed by atoms with E-state index in [0.29, 0.717) is 6.54 Å². The molecule has 0 unspecified atom stereocenters. The zero-order valence-electron chi connectivity index (χ0n) is 16.5. The fourth-order valence-electron chi connectivity index (χ4n) is 3.51. The molecule has 0 bridgehead atoms. The van der Waals surface area contributed by atoms with Crippen LogP contribution in [0.2, 0.25) is 0 Å². The molecule has 1 amide bonds. The van der Waals surface area contributed by atoms with Crippen LogP contribution < -0.4 is 14.8 Å². The Hall–Kier alpha value is -3.02. The molecular formula is C22H25N3O3. The van der Waals surface area contributed by atoms with Gasteiger partial charge in [-0.3, -0.25) is 4.79 Å². The SMILES string of the molecule is CCc1nc2ccccc2n1CC(=O)NCC(C)(C)c1ccc2c(c1)OCO2. The Morgan fingerprint density at radius 1 is 1.18 bits per heavy atom. The summed E-state index contributed by atoms with van der Waals surface area (Å²) >= 11 is 0. The summed E-state index contributed by atoms with van der Waals surface area (Å²) in [5.41, 5.74) is 2.78. The highest BCUT2D eigenvalue weighted by molar-refractivity contribution is 5.81. The average Bonchev–Trinajstić information content (AvgIpc) is 3.30. The average molecular weight is 379 g/mol. The first-order chi connectivity index (χ1) is 13.5. The molecule has 146 valence electrons. The monoisotopic (exact) mass is 379 g/mol. The predicted molar refractivity (Wildman–Crippen MR) is 108 cm³/mol. The van der Waals surface area contributed by atoms with Crippen LogP contribution >= 0.6 is 0 Å². The Kier molecular flexibility index (Phi) is 4.71. The number of nitrogens with zero attached hydrogens (tertiary/aromatic N) is 2. The second-order valence-electron chi connectivity index (χ2n) is 7.69. The number of amides is 1. The first kappa shape index (κ1) is 18.3. The van der Waals surface area contributed by atoms with E-state index in [2.05, 4.69) is 31.1 Å². The first-order valence-corrected chi connectivity index (χ1v) is 9.59. The fourth-order valence-corrected chi connectivity index (χ4v) is 3.51. The van der Waals surface area contributed by atoms with E-state index in [1.807, 2.05) is 47.0 Å². The minimum atomic E-state index is -0.235. The number of imidazole rings is 1. The Morgan fingerprint density at radius 3 is 2.79 bits per heavy atom. The van der Waals surface area contributed by atoms with Gasteiger partial charge in [0.05, 0.1) is 11.0 Å². The van der Waals surface area contributed by atoms with Crippen LogP contribution in [0.3, 0.4) is 0 Å². The summed E-state index contributed by atoms with van der Waals surface area (Å²) in [7, 11) is 0. The molecule has 1 aromatic heterocycles. The summed E-state index contributed by atoms with van der Waals surface area (Å²) in [5.74, 6) is 2.43. The third-order valence-corrected chi connectivity index (χ3v) is 5.23. The topological polar surface area (TPSA) is 65.4 Å². The van der Waals surface area contributed by atoms with Gasteiger partial charge in [-0.15, -0.1) is 0 Å². The van der Waals surface area contributed by atoms with E-state index in [1.165, 1.54) is 0 Å². The molecule has 0 spiro atoms. The van der Waals surface area contributed by atoms with Gasteiger partial charge in [0.1, 0.15) is 12.4 Å². The number of aromatic nitrogens is 2. The summed E-state index contributed by atoms with van der Waals surface area (Å²) < 4.78 is 12.9. The third kappa shape index (κ3) is 3.42. The Labute approximate surface area is 164 Å². The van der Waals surface area contributed by atoms with Crippen molar-refractivity contribution in [3.8, 4) is 11.5 Å². The van der Waals surface area contributed by atoms with Crippen LogP contribution in [-0.4, -0.2) is 28.8 Å². The van der Waals surface area contributed by atoms with Crippen LogP contribution in [0.5, 0.6) is 11.5 Å². The number of carbonyl (C=O) groups excluding carboxylic acids is 1. The number of hydrogen-bond donors (Lipinski definition) is 1. The van der Waals surface area contributed by atoms with Crippen molar-refractivity contribution in [2.24, 2.45) is 0 Å². The van der Waals surface area contributed by atoms with Gasteiger partial charge in [0, 0.05) is 18.4 Å². The predicted octanol–water partition coefficient (Wildman–Crippen LogP) is 3.42. The van der Waals surface area contributed by atoms with Crippen molar-refractivity contribution < 1.29 is 14.3 Å². The van der Waals surface area contributed by atoms with Crippen molar-refractivity contribution >= 4 is 16.9 Å². The zero-order valence-corrected chi connectivity index (χ0v) is 16.5. The minimum absolute atomic E-state index is 0.0216. The Bertz CT molecular complexity index is 1020. The van der Waals surface area contributed by atoms with E-state index in [1.54, 1.807) is 0 Å². The highest BCUT2D eigenvalue weighted by Crippen LogP contribution is 2.36. The lowest BCUT2D eigenvalue weighted by Crippen LogP contribution is -2.38. The molecule has 0 saturated heterocycles. The van der Waals surface area contributed by atoms with Crippen LogP contribution in [0.25, 0.3) is 11.0 Å². The highest BCUT2D eigenvalue weighted by Gasteiger charge is 2.25. The molecular weight excluding hydrogens is 354 g/mol. The Balaban J connectivity index is 1.46. The molecule has 3 aromatic rings. The molecule has 2 aromatic carbocycles. The Morgan fingerprint density at radius 2 is 1.96 bits per heavy atom. The van der Waals surface area contributed by atoms with Gasteiger partial charge in [0.25, 0.3) is 0 Å². The van der Waals surface area contributed by atoms with E-state index in [9.17, 15) is 4.79 Å². The molecule has 0 radical (unpaired) electrons. The number of para-hydroxylation sites is 2. The van der Waals surface area contributed by atoms with Crippen molar-refractivity contribution in [2.75, 3.05) is 13.3 Å². The van der Waals surface area contributed by atoms with E-state index < -0.39 is 0 Å². The van der Waals surface area contributed by atoms with Crippen molar-refractivity contribution in [3.05, 3.63) is 53.9 Å². The highest BCUT2D eigenvalue weighted by atomic mass is 16.7. The van der Waals surface area contributed by atoms with Crippen LogP contribution in [0, 0.1) is 0 Å². The fraction of sp³-hybridized carbons (Fsp3) is 0.364. The molecule has 1 N–H and O–H groups in total. The number of carbonyl (C=O) groups is 1. The van der Waals surface area contributed by atoms with E-state index in [4.69, 9.17) is 9.47 Å². The second kappa shape index (κ2) is 7.19. The molecule has 0 saturated carbocycles. The number of rotatable bonds is 6. The summed E-state index contributed by atoms with van der Waals surface area (Å²) in [4.78, 5) is 17.3. The second-order valence-corrected chi connectivity index (χ2v) is 7.69. The summed E-state index contributed by atoms with van der Waals surface area (Å²) in [5, 5.41) is 3.08. The quantitative estimate of drug-likeness (QED) is 0.713. The molecule has 2 heterocycles. The van der Waals surface area contributed by atoms with Gasteiger partial charge < -0.3 is 19.4 Å². The van der Waals surface area contributed by atoms with Crippen LogP contribution in [0.15, 0.2) is 42.5 Å². The molecule has 0 aliphatic carbocycles. The molecule has 1 aliphatic heterocycles.